The third kappa shape index (κ3) is 4.23. The lowest BCUT2D eigenvalue weighted by Crippen LogP contribution is -2.54. The van der Waals surface area contributed by atoms with E-state index in [0.29, 0.717) is 6.42 Å². The topological polar surface area (TPSA) is 132 Å². The van der Waals surface area contributed by atoms with Crippen molar-refractivity contribution in [2.45, 2.75) is 89.7 Å². The fourth-order valence-electron chi connectivity index (χ4n) is 4.62. The number of rotatable bonds is 4. The van der Waals surface area contributed by atoms with Crippen LogP contribution in [0.2, 0.25) is 0 Å². The van der Waals surface area contributed by atoms with E-state index in [1.165, 1.54) is 6.92 Å². The number of aliphatic hydroxyl groups is 2. The molecule has 2 heterocycles. The van der Waals surface area contributed by atoms with Crippen molar-refractivity contribution in [2.75, 3.05) is 0 Å². The van der Waals surface area contributed by atoms with Crippen LogP contribution in [-0.2, 0) is 33.3 Å². The first kappa shape index (κ1) is 23.7. The van der Waals surface area contributed by atoms with Gasteiger partial charge < -0.3 is 29.2 Å². The largest absolute Gasteiger partial charge is 0.458 e. The van der Waals surface area contributed by atoms with Gasteiger partial charge in [0.15, 0.2) is 0 Å². The van der Waals surface area contributed by atoms with E-state index in [2.05, 4.69) is 6.58 Å². The number of ether oxygens (including phenoxy) is 4. The highest BCUT2D eigenvalue weighted by atomic mass is 16.6. The molecule has 0 aromatic rings. The van der Waals surface area contributed by atoms with E-state index in [-0.39, 0.29) is 12.0 Å². The lowest BCUT2D eigenvalue weighted by Gasteiger charge is -2.38. The summed E-state index contributed by atoms with van der Waals surface area (Å²) in [5.74, 6) is -3.69. The molecule has 0 aromatic heterocycles. The second-order valence-corrected chi connectivity index (χ2v) is 9.15. The molecular weight excluding hydrogens is 408 g/mol. The zero-order chi connectivity index (χ0) is 23.2. The van der Waals surface area contributed by atoms with Crippen LogP contribution in [0, 0.1) is 17.8 Å². The molecule has 2 N–H and O–H groups in total. The molecule has 174 valence electrons. The zero-order valence-electron chi connectivity index (χ0n) is 18.6. The minimum Gasteiger partial charge on any atom is -0.458 e. The molecule has 0 bridgehead atoms. The molecule has 9 heteroatoms. The summed E-state index contributed by atoms with van der Waals surface area (Å²) in [6.07, 6.45) is -5.51. The maximum absolute atomic E-state index is 12.7. The predicted molar refractivity (Wildman–Crippen MR) is 106 cm³/mol. The van der Waals surface area contributed by atoms with Crippen molar-refractivity contribution in [1.82, 2.24) is 0 Å². The molecule has 0 radical (unpaired) electrons. The summed E-state index contributed by atoms with van der Waals surface area (Å²) >= 11 is 0. The van der Waals surface area contributed by atoms with Crippen molar-refractivity contribution in [3.05, 3.63) is 12.2 Å². The van der Waals surface area contributed by atoms with E-state index in [1.807, 2.05) is 6.92 Å². The van der Waals surface area contributed by atoms with Crippen molar-refractivity contribution >= 4 is 17.9 Å². The van der Waals surface area contributed by atoms with Gasteiger partial charge in [-0.1, -0.05) is 27.4 Å². The Bertz CT molecular complexity index is 764. The van der Waals surface area contributed by atoms with Crippen molar-refractivity contribution in [2.24, 2.45) is 17.8 Å². The second-order valence-electron chi connectivity index (χ2n) is 9.15. The summed E-state index contributed by atoms with van der Waals surface area (Å²) in [6, 6.07) is 0. The van der Waals surface area contributed by atoms with Gasteiger partial charge in [0, 0.05) is 12.5 Å². The van der Waals surface area contributed by atoms with E-state index in [9.17, 15) is 24.6 Å². The van der Waals surface area contributed by atoms with Gasteiger partial charge >= 0.3 is 17.9 Å². The van der Waals surface area contributed by atoms with Crippen molar-refractivity contribution in [3.63, 3.8) is 0 Å². The molecule has 9 nitrogen and oxygen atoms in total. The third-order valence-electron chi connectivity index (χ3n) is 6.82. The number of aliphatic hydroxyl groups excluding tert-OH is 2. The summed E-state index contributed by atoms with van der Waals surface area (Å²) in [5.41, 5.74) is -1.11. The molecular formula is C22H32O9. The molecule has 3 fully saturated rings. The summed E-state index contributed by atoms with van der Waals surface area (Å²) in [5, 5.41) is 21.7. The van der Waals surface area contributed by atoms with E-state index < -0.39 is 77.9 Å². The number of hydrogen-bond donors (Lipinski definition) is 2. The summed E-state index contributed by atoms with van der Waals surface area (Å²) in [6.45, 7) is 12.0. The van der Waals surface area contributed by atoms with Crippen molar-refractivity contribution < 1.29 is 43.5 Å². The van der Waals surface area contributed by atoms with Crippen molar-refractivity contribution in [1.29, 1.82) is 0 Å². The van der Waals surface area contributed by atoms with E-state index in [4.69, 9.17) is 18.9 Å². The van der Waals surface area contributed by atoms with Gasteiger partial charge in [0.25, 0.3) is 0 Å². The molecule has 3 aliphatic rings. The third-order valence-corrected chi connectivity index (χ3v) is 6.82. The van der Waals surface area contributed by atoms with Crippen LogP contribution in [0.1, 0.15) is 47.5 Å². The quantitative estimate of drug-likeness (QED) is 0.283. The van der Waals surface area contributed by atoms with Gasteiger partial charge in [-0.2, -0.15) is 0 Å². The van der Waals surface area contributed by atoms with E-state index in [0.717, 1.165) is 0 Å². The summed E-state index contributed by atoms with van der Waals surface area (Å²) < 4.78 is 22.4. The Balaban J connectivity index is 2.08. The molecule has 0 spiro atoms. The molecule has 2 aliphatic heterocycles. The maximum atomic E-state index is 12.7. The van der Waals surface area contributed by atoms with Gasteiger partial charge in [-0.3, -0.25) is 9.59 Å². The fraction of sp³-hybridized carbons (Fsp3) is 0.773. The maximum Gasteiger partial charge on any atom is 0.334 e. The SMILES string of the molecule is C=C1C(=O)O[C@H]2[C@H]1[C@@H](OC(=O)[C@H](C)CC)[C@H](OC(C)=O)[C@H](C)C[C@@H](O)[C@H]1O[C@@]1(C)[C@@H]2O. The standard InChI is InChI=1S/C22H32O9/c1-7-9(2)20(26)29-16-14-11(4)21(27)30-17(14)18(25)22(6)19(31-22)13(24)8-10(3)15(16)28-12(5)23/h9-10,13-19,24-25H,4,7-8H2,1-3,5-6H3/t9-,10-,13-,14-,15-,16-,17+,18-,19-,22+/m1/s1. The molecule has 0 unspecified atom stereocenters. The Labute approximate surface area is 181 Å². The molecule has 0 amide bonds. The van der Waals surface area contributed by atoms with Crippen LogP contribution in [0.4, 0.5) is 0 Å². The number of hydrogen-bond acceptors (Lipinski definition) is 9. The highest BCUT2D eigenvalue weighted by Gasteiger charge is 2.67. The minimum atomic E-state index is -1.31. The second kappa shape index (κ2) is 8.52. The first-order valence-electron chi connectivity index (χ1n) is 10.7. The van der Waals surface area contributed by atoms with Crippen LogP contribution >= 0.6 is 0 Å². The van der Waals surface area contributed by atoms with Crippen LogP contribution in [0.5, 0.6) is 0 Å². The normalized spacial score (nSPS) is 43.2. The Hall–Kier alpha value is -1.97. The van der Waals surface area contributed by atoms with Crippen LogP contribution in [0.15, 0.2) is 12.2 Å². The molecule has 0 aromatic carbocycles. The van der Waals surface area contributed by atoms with Crippen LogP contribution < -0.4 is 0 Å². The van der Waals surface area contributed by atoms with Gasteiger partial charge in [-0.15, -0.1) is 0 Å². The number of fused-ring (bicyclic) bond motifs is 2. The first-order valence-corrected chi connectivity index (χ1v) is 10.7. The zero-order valence-corrected chi connectivity index (χ0v) is 18.6. The van der Waals surface area contributed by atoms with Crippen LogP contribution in [0.3, 0.4) is 0 Å². The number of carbonyl (C=O) groups excluding carboxylic acids is 3. The number of carbonyl (C=O) groups is 3. The van der Waals surface area contributed by atoms with Crippen LogP contribution in [-0.4, -0.2) is 70.3 Å². The van der Waals surface area contributed by atoms with Gasteiger partial charge in [0.05, 0.1) is 17.9 Å². The first-order chi connectivity index (χ1) is 14.4. The molecule has 3 rings (SSSR count). The summed E-state index contributed by atoms with van der Waals surface area (Å²) in [7, 11) is 0. The molecule has 1 aliphatic carbocycles. The average Bonchev–Trinajstić information content (AvgIpc) is 3.32. The van der Waals surface area contributed by atoms with E-state index >= 15 is 0 Å². The number of epoxide rings is 1. The van der Waals surface area contributed by atoms with Gasteiger partial charge in [-0.05, 0) is 25.7 Å². The van der Waals surface area contributed by atoms with Crippen molar-refractivity contribution in [3.8, 4) is 0 Å². The van der Waals surface area contributed by atoms with E-state index in [1.54, 1.807) is 20.8 Å². The van der Waals surface area contributed by atoms with Gasteiger partial charge in [0.2, 0.25) is 0 Å². The van der Waals surface area contributed by atoms with Gasteiger partial charge in [0.1, 0.15) is 36.1 Å². The molecule has 1 saturated carbocycles. The summed E-state index contributed by atoms with van der Waals surface area (Å²) in [4.78, 5) is 37.1. The minimum absolute atomic E-state index is 0.0253. The molecule has 31 heavy (non-hydrogen) atoms. The molecule has 10 atom stereocenters. The average molecular weight is 440 g/mol. The predicted octanol–water partition coefficient (Wildman–Crippen LogP) is 0.893. The molecule has 2 saturated heterocycles. The van der Waals surface area contributed by atoms with Crippen LogP contribution in [0.25, 0.3) is 0 Å². The lowest BCUT2D eigenvalue weighted by atomic mass is 9.76. The Kier molecular flexibility index (Phi) is 6.51. The Morgan fingerprint density at radius 3 is 2.52 bits per heavy atom. The number of esters is 3. The Morgan fingerprint density at radius 2 is 1.94 bits per heavy atom. The highest BCUT2D eigenvalue weighted by Crippen LogP contribution is 2.49. The lowest BCUT2D eigenvalue weighted by molar-refractivity contribution is -0.184. The fourth-order valence-corrected chi connectivity index (χ4v) is 4.62. The van der Waals surface area contributed by atoms with Gasteiger partial charge in [-0.25, -0.2) is 4.79 Å². The monoisotopic (exact) mass is 440 g/mol. The Morgan fingerprint density at radius 1 is 1.29 bits per heavy atom. The smallest absolute Gasteiger partial charge is 0.334 e. The highest BCUT2D eigenvalue weighted by molar-refractivity contribution is 5.91.